The maximum absolute atomic E-state index is 12.2. The Balaban J connectivity index is 2.01. The van der Waals surface area contributed by atoms with Gasteiger partial charge in [0.25, 0.3) is 0 Å². The highest BCUT2D eigenvalue weighted by molar-refractivity contribution is 6.05. The number of hydrogen-bond acceptors (Lipinski definition) is 6. The zero-order valence-corrected chi connectivity index (χ0v) is 13.7. The number of pyridine rings is 1. The molecule has 1 saturated carbocycles. The molecule has 2 aromatic rings. The Kier molecular flexibility index (Phi) is 4.21. The topological polar surface area (TPSA) is 89.3 Å². The van der Waals surface area contributed by atoms with E-state index < -0.39 is 12.1 Å². The van der Waals surface area contributed by atoms with E-state index in [1.54, 1.807) is 11.6 Å². The standard InChI is InChI=1S/C16H22N4O3/c1-4-23-16(22)11-7-18-15-13(9(2)19-20(15)3)14(11)17-8-12(21)10-5-6-10/h7,10,12,21H,4-6,8H2,1-3H3,(H,17,18). The highest BCUT2D eigenvalue weighted by atomic mass is 16.5. The first-order valence-corrected chi connectivity index (χ1v) is 7.94. The third kappa shape index (κ3) is 3.01. The van der Waals surface area contributed by atoms with Gasteiger partial charge in [-0.05, 0) is 32.6 Å². The van der Waals surface area contributed by atoms with Crippen molar-refractivity contribution in [1.82, 2.24) is 14.8 Å². The molecule has 1 atom stereocenters. The van der Waals surface area contributed by atoms with Gasteiger partial charge in [-0.15, -0.1) is 0 Å². The molecule has 23 heavy (non-hydrogen) atoms. The van der Waals surface area contributed by atoms with Gasteiger partial charge >= 0.3 is 5.97 Å². The zero-order valence-electron chi connectivity index (χ0n) is 13.7. The first-order valence-electron chi connectivity index (χ1n) is 7.94. The monoisotopic (exact) mass is 318 g/mol. The normalized spacial score (nSPS) is 15.7. The molecule has 0 aromatic carbocycles. The average molecular weight is 318 g/mol. The minimum absolute atomic E-state index is 0.299. The summed E-state index contributed by atoms with van der Waals surface area (Å²) in [5, 5.41) is 18.5. The first-order chi connectivity index (χ1) is 11.0. The molecule has 7 nitrogen and oxygen atoms in total. The molecule has 0 radical (unpaired) electrons. The molecule has 1 aliphatic carbocycles. The lowest BCUT2D eigenvalue weighted by Gasteiger charge is -2.15. The fourth-order valence-electron chi connectivity index (χ4n) is 2.81. The number of aliphatic hydroxyl groups is 1. The van der Waals surface area contributed by atoms with Crippen molar-refractivity contribution in [2.24, 2.45) is 13.0 Å². The van der Waals surface area contributed by atoms with Crippen LogP contribution in [-0.2, 0) is 11.8 Å². The van der Waals surface area contributed by atoms with E-state index in [0.29, 0.717) is 36.0 Å². The first kappa shape index (κ1) is 15.7. The van der Waals surface area contributed by atoms with E-state index in [2.05, 4.69) is 15.4 Å². The van der Waals surface area contributed by atoms with Crippen molar-refractivity contribution in [3.05, 3.63) is 17.5 Å². The summed E-state index contributed by atoms with van der Waals surface area (Å²) in [6.07, 6.45) is 3.22. The lowest BCUT2D eigenvalue weighted by atomic mass is 10.1. The van der Waals surface area contributed by atoms with Crippen LogP contribution in [0.1, 0.15) is 35.8 Å². The molecule has 0 bridgehead atoms. The molecule has 0 saturated heterocycles. The van der Waals surface area contributed by atoms with Crippen molar-refractivity contribution < 1.29 is 14.6 Å². The van der Waals surface area contributed by atoms with Crippen LogP contribution in [0.15, 0.2) is 6.20 Å². The number of rotatable bonds is 6. The molecule has 1 aliphatic rings. The van der Waals surface area contributed by atoms with Crippen LogP contribution in [-0.4, -0.2) is 45.1 Å². The number of esters is 1. The predicted octanol–water partition coefficient (Wildman–Crippen LogP) is 1.64. The van der Waals surface area contributed by atoms with Crippen LogP contribution in [0.25, 0.3) is 11.0 Å². The number of fused-ring (bicyclic) bond motifs is 1. The summed E-state index contributed by atoms with van der Waals surface area (Å²) in [6.45, 7) is 4.34. The number of anilines is 1. The molecule has 0 amide bonds. The molecule has 7 heteroatoms. The number of carbonyl (C=O) groups excluding carboxylic acids is 1. The Morgan fingerprint density at radius 3 is 2.96 bits per heavy atom. The smallest absolute Gasteiger partial charge is 0.341 e. The number of ether oxygens (including phenoxy) is 1. The van der Waals surface area contributed by atoms with E-state index in [9.17, 15) is 9.90 Å². The van der Waals surface area contributed by atoms with Gasteiger partial charge in [-0.3, -0.25) is 4.68 Å². The van der Waals surface area contributed by atoms with Crippen LogP contribution in [0.2, 0.25) is 0 Å². The summed E-state index contributed by atoms with van der Waals surface area (Å²) in [5.41, 5.74) is 2.49. The molecular formula is C16H22N4O3. The van der Waals surface area contributed by atoms with E-state index in [0.717, 1.165) is 23.9 Å². The van der Waals surface area contributed by atoms with Crippen LogP contribution < -0.4 is 5.32 Å². The molecule has 2 N–H and O–H groups in total. The van der Waals surface area contributed by atoms with Crippen LogP contribution in [0.5, 0.6) is 0 Å². The van der Waals surface area contributed by atoms with Gasteiger partial charge in [0.05, 0.1) is 29.5 Å². The van der Waals surface area contributed by atoms with E-state index in [4.69, 9.17) is 4.74 Å². The van der Waals surface area contributed by atoms with E-state index in [1.807, 2.05) is 14.0 Å². The Morgan fingerprint density at radius 1 is 1.57 bits per heavy atom. The van der Waals surface area contributed by atoms with Crippen molar-refractivity contribution in [1.29, 1.82) is 0 Å². The molecular weight excluding hydrogens is 296 g/mol. The van der Waals surface area contributed by atoms with Crippen molar-refractivity contribution in [2.75, 3.05) is 18.5 Å². The predicted molar refractivity (Wildman–Crippen MR) is 86.4 cm³/mol. The number of hydrogen-bond donors (Lipinski definition) is 2. The summed E-state index contributed by atoms with van der Waals surface area (Å²) < 4.78 is 6.80. The second-order valence-corrected chi connectivity index (χ2v) is 5.96. The van der Waals surface area contributed by atoms with Gasteiger partial charge in [-0.1, -0.05) is 0 Å². The Hall–Kier alpha value is -2.15. The largest absolute Gasteiger partial charge is 0.462 e. The maximum atomic E-state index is 12.2. The van der Waals surface area contributed by atoms with Crippen LogP contribution in [0.3, 0.4) is 0 Å². The Labute approximate surface area is 134 Å². The lowest BCUT2D eigenvalue weighted by Crippen LogP contribution is -2.23. The number of carbonyl (C=O) groups is 1. The highest BCUT2D eigenvalue weighted by Crippen LogP contribution is 2.34. The van der Waals surface area contributed by atoms with Crippen LogP contribution in [0.4, 0.5) is 5.69 Å². The number of nitrogens with zero attached hydrogens (tertiary/aromatic N) is 3. The number of nitrogens with one attached hydrogen (secondary N) is 1. The van der Waals surface area contributed by atoms with Crippen LogP contribution in [0, 0.1) is 12.8 Å². The van der Waals surface area contributed by atoms with Gasteiger partial charge < -0.3 is 15.2 Å². The Morgan fingerprint density at radius 2 is 2.30 bits per heavy atom. The fourth-order valence-corrected chi connectivity index (χ4v) is 2.81. The van der Waals surface area contributed by atoms with Crippen molar-refractivity contribution >= 4 is 22.7 Å². The molecule has 1 unspecified atom stereocenters. The van der Waals surface area contributed by atoms with Crippen molar-refractivity contribution in [2.45, 2.75) is 32.8 Å². The number of aryl methyl sites for hydroxylation is 2. The molecule has 124 valence electrons. The summed E-state index contributed by atoms with van der Waals surface area (Å²) in [7, 11) is 1.81. The third-order valence-corrected chi connectivity index (χ3v) is 4.18. The molecule has 2 heterocycles. The molecule has 0 spiro atoms. The molecule has 2 aromatic heterocycles. The molecule has 0 aliphatic heterocycles. The van der Waals surface area contributed by atoms with Crippen molar-refractivity contribution in [3.63, 3.8) is 0 Å². The van der Waals surface area contributed by atoms with E-state index in [-0.39, 0.29) is 0 Å². The number of aromatic nitrogens is 3. The third-order valence-electron chi connectivity index (χ3n) is 4.18. The minimum Gasteiger partial charge on any atom is -0.462 e. The fraction of sp³-hybridized carbons (Fsp3) is 0.562. The van der Waals surface area contributed by atoms with Gasteiger partial charge in [0.1, 0.15) is 5.56 Å². The minimum atomic E-state index is -0.423. The van der Waals surface area contributed by atoms with E-state index in [1.165, 1.54) is 6.20 Å². The van der Waals surface area contributed by atoms with Crippen LogP contribution >= 0.6 is 0 Å². The zero-order chi connectivity index (χ0) is 16.6. The summed E-state index contributed by atoms with van der Waals surface area (Å²) >= 11 is 0. The quantitative estimate of drug-likeness (QED) is 0.787. The summed E-state index contributed by atoms with van der Waals surface area (Å²) in [5.74, 6) is -0.0607. The SMILES string of the molecule is CCOC(=O)c1cnc2c(c(C)nn2C)c1NCC(O)C1CC1. The van der Waals surface area contributed by atoms with E-state index >= 15 is 0 Å². The lowest BCUT2D eigenvalue weighted by molar-refractivity contribution is 0.0527. The summed E-state index contributed by atoms with van der Waals surface area (Å²) in [4.78, 5) is 16.6. The van der Waals surface area contributed by atoms with Gasteiger partial charge in [-0.25, -0.2) is 9.78 Å². The van der Waals surface area contributed by atoms with Gasteiger partial charge in [-0.2, -0.15) is 5.10 Å². The van der Waals surface area contributed by atoms with Gasteiger partial charge in [0, 0.05) is 19.8 Å². The average Bonchev–Trinajstić information content (AvgIpc) is 3.32. The summed E-state index contributed by atoms with van der Waals surface area (Å²) in [6, 6.07) is 0. The molecule has 1 fully saturated rings. The second-order valence-electron chi connectivity index (χ2n) is 5.96. The maximum Gasteiger partial charge on any atom is 0.341 e. The van der Waals surface area contributed by atoms with Crippen molar-refractivity contribution in [3.8, 4) is 0 Å². The highest BCUT2D eigenvalue weighted by Gasteiger charge is 2.30. The second kappa shape index (κ2) is 6.16. The van der Waals surface area contributed by atoms with Gasteiger partial charge in [0.2, 0.25) is 0 Å². The molecule has 3 rings (SSSR count). The number of aliphatic hydroxyl groups excluding tert-OH is 1. The Bertz CT molecular complexity index is 736. The van der Waals surface area contributed by atoms with Gasteiger partial charge in [0.15, 0.2) is 5.65 Å².